The number of aryl methyl sites for hydroxylation is 1. The van der Waals surface area contributed by atoms with E-state index in [-0.39, 0.29) is 11.5 Å². The first-order valence-corrected chi connectivity index (χ1v) is 11.0. The Hall–Kier alpha value is -1.85. The number of methoxy groups -OCH3 is 1. The van der Waals surface area contributed by atoms with Crippen LogP contribution in [0.15, 0.2) is 59.5 Å². The standard InChI is InChI=1S/C21H24O8S/c1-13-8-10-15(11-9-13)30(23,24)29-19-17(22)18-16(27-21(19)25-2)12-26-20(28-18)14-6-4-3-5-7-14/h3-11,16-22H,12H2,1-2H3/t16-,17-,18+,19-,20-,21-/m1/s1. The van der Waals surface area contributed by atoms with Crippen LogP contribution in [0.5, 0.6) is 0 Å². The first-order chi connectivity index (χ1) is 14.4. The van der Waals surface area contributed by atoms with Gasteiger partial charge in [-0.15, -0.1) is 0 Å². The van der Waals surface area contributed by atoms with Gasteiger partial charge < -0.3 is 24.1 Å². The number of aliphatic hydroxyl groups is 1. The fourth-order valence-corrected chi connectivity index (χ4v) is 4.62. The molecule has 2 heterocycles. The zero-order valence-electron chi connectivity index (χ0n) is 16.6. The largest absolute Gasteiger partial charge is 0.387 e. The van der Waals surface area contributed by atoms with Gasteiger partial charge in [-0.3, -0.25) is 4.18 Å². The van der Waals surface area contributed by atoms with E-state index in [1.165, 1.54) is 19.2 Å². The van der Waals surface area contributed by atoms with E-state index in [0.29, 0.717) is 0 Å². The van der Waals surface area contributed by atoms with Crippen LogP contribution < -0.4 is 0 Å². The summed E-state index contributed by atoms with van der Waals surface area (Å²) >= 11 is 0. The van der Waals surface area contributed by atoms with Crippen LogP contribution in [0, 0.1) is 6.92 Å². The fourth-order valence-electron chi connectivity index (χ4n) is 3.55. The summed E-state index contributed by atoms with van der Waals surface area (Å²) in [5.74, 6) is 0. The minimum absolute atomic E-state index is 0.0210. The second-order valence-electron chi connectivity index (χ2n) is 7.27. The van der Waals surface area contributed by atoms with Crippen molar-refractivity contribution in [3.05, 3.63) is 65.7 Å². The predicted octanol–water partition coefficient (Wildman–Crippen LogP) is 1.92. The zero-order valence-corrected chi connectivity index (χ0v) is 17.4. The Morgan fingerprint density at radius 1 is 1.03 bits per heavy atom. The Balaban J connectivity index is 1.55. The molecule has 0 unspecified atom stereocenters. The van der Waals surface area contributed by atoms with E-state index in [4.69, 9.17) is 23.1 Å². The van der Waals surface area contributed by atoms with E-state index < -0.39 is 47.1 Å². The molecule has 0 bridgehead atoms. The molecule has 9 heteroatoms. The molecule has 2 aromatic rings. The number of aliphatic hydroxyl groups excluding tert-OH is 1. The first-order valence-electron chi connectivity index (χ1n) is 9.57. The van der Waals surface area contributed by atoms with Gasteiger partial charge in [-0.1, -0.05) is 48.0 Å². The quantitative estimate of drug-likeness (QED) is 0.710. The second-order valence-corrected chi connectivity index (χ2v) is 8.85. The van der Waals surface area contributed by atoms with Crippen molar-refractivity contribution in [1.29, 1.82) is 0 Å². The number of benzene rings is 2. The summed E-state index contributed by atoms with van der Waals surface area (Å²) < 4.78 is 53.5. The van der Waals surface area contributed by atoms with Gasteiger partial charge in [0, 0.05) is 12.7 Å². The van der Waals surface area contributed by atoms with Gasteiger partial charge in [-0.2, -0.15) is 8.42 Å². The zero-order chi connectivity index (χ0) is 21.3. The molecule has 4 rings (SSSR count). The minimum atomic E-state index is -4.16. The van der Waals surface area contributed by atoms with Crippen LogP contribution in [0.4, 0.5) is 0 Å². The molecule has 162 valence electrons. The second kappa shape index (κ2) is 8.72. The third kappa shape index (κ3) is 4.28. The number of rotatable bonds is 5. The molecular weight excluding hydrogens is 412 g/mol. The Kier molecular flexibility index (Phi) is 6.21. The van der Waals surface area contributed by atoms with E-state index in [9.17, 15) is 13.5 Å². The van der Waals surface area contributed by atoms with Crippen molar-refractivity contribution in [2.24, 2.45) is 0 Å². The Labute approximate surface area is 175 Å². The maximum atomic E-state index is 12.8. The number of hydrogen-bond acceptors (Lipinski definition) is 8. The normalized spacial score (nSPS) is 31.8. The van der Waals surface area contributed by atoms with E-state index >= 15 is 0 Å². The molecule has 0 amide bonds. The maximum absolute atomic E-state index is 12.8. The number of hydrogen-bond donors (Lipinski definition) is 1. The van der Waals surface area contributed by atoms with Crippen LogP contribution in [0.25, 0.3) is 0 Å². The molecule has 2 fully saturated rings. The SMILES string of the molecule is CO[C@@H]1O[C@@H]2CO[C@@H](c3ccccc3)O[C@@H]2[C@@H](O)[C@H]1OS(=O)(=O)c1ccc(C)cc1. The molecule has 0 radical (unpaired) electrons. The molecule has 0 spiro atoms. The number of ether oxygens (including phenoxy) is 4. The maximum Gasteiger partial charge on any atom is 0.297 e. The molecule has 2 saturated heterocycles. The summed E-state index contributed by atoms with van der Waals surface area (Å²) in [5.41, 5.74) is 1.69. The van der Waals surface area contributed by atoms with Crippen molar-refractivity contribution in [2.75, 3.05) is 13.7 Å². The van der Waals surface area contributed by atoms with Gasteiger partial charge >= 0.3 is 0 Å². The molecule has 30 heavy (non-hydrogen) atoms. The lowest BCUT2D eigenvalue weighted by molar-refractivity contribution is -0.354. The average molecular weight is 436 g/mol. The highest BCUT2D eigenvalue weighted by Crippen LogP contribution is 2.36. The van der Waals surface area contributed by atoms with Gasteiger partial charge in [0.2, 0.25) is 0 Å². The lowest BCUT2D eigenvalue weighted by atomic mass is 9.98. The van der Waals surface area contributed by atoms with Crippen LogP contribution in [0.2, 0.25) is 0 Å². The van der Waals surface area contributed by atoms with Crippen LogP contribution >= 0.6 is 0 Å². The van der Waals surface area contributed by atoms with Crippen LogP contribution in [0.3, 0.4) is 0 Å². The highest BCUT2D eigenvalue weighted by Gasteiger charge is 2.51. The van der Waals surface area contributed by atoms with Gasteiger partial charge in [0.15, 0.2) is 18.7 Å². The average Bonchev–Trinajstić information content (AvgIpc) is 2.76. The highest BCUT2D eigenvalue weighted by molar-refractivity contribution is 7.86. The predicted molar refractivity (Wildman–Crippen MR) is 105 cm³/mol. The molecule has 0 aromatic heterocycles. The third-order valence-electron chi connectivity index (χ3n) is 5.16. The van der Waals surface area contributed by atoms with Crippen molar-refractivity contribution in [3.63, 3.8) is 0 Å². The van der Waals surface area contributed by atoms with Crippen LogP contribution in [0.1, 0.15) is 17.4 Å². The minimum Gasteiger partial charge on any atom is -0.387 e. The fraction of sp³-hybridized carbons (Fsp3) is 0.429. The van der Waals surface area contributed by atoms with Gasteiger partial charge in [0.25, 0.3) is 10.1 Å². The summed E-state index contributed by atoms with van der Waals surface area (Å²) in [4.78, 5) is -0.0210. The van der Waals surface area contributed by atoms with Crippen molar-refractivity contribution in [1.82, 2.24) is 0 Å². The molecule has 2 aromatic carbocycles. The molecule has 2 aliphatic heterocycles. The summed E-state index contributed by atoms with van der Waals surface area (Å²) in [6, 6.07) is 15.5. The van der Waals surface area contributed by atoms with Crippen LogP contribution in [-0.2, 0) is 33.2 Å². The van der Waals surface area contributed by atoms with Crippen LogP contribution in [-0.4, -0.2) is 57.9 Å². The van der Waals surface area contributed by atoms with E-state index in [1.54, 1.807) is 12.1 Å². The third-order valence-corrected chi connectivity index (χ3v) is 6.49. The van der Waals surface area contributed by atoms with Gasteiger partial charge in [0.1, 0.15) is 18.3 Å². The Morgan fingerprint density at radius 2 is 1.73 bits per heavy atom. The van der Waals surface area contributed by atoms with Crippen molar-refractivity contribution >= 4 is 10.1 Å². The van der Waals surface area contributed by atoms with E-state index in [0.717, 1.165) is 11.1 Å². The smallest absolute Gasteiger partial charge is 0.297 e. The monoisotopic (exact) mass is 436 g/mol. The van der Waals surface area contributed by atoms with Crippen molar-refractivity contribution < 1.29 is 36.7 Å². The van der Waals surface area contributed by atoms with Gasteiger partial charge in [-0.05, 0) is 19.1 Å². The summed E-state index contributed by atoms with van der Waals surface area (Å²) in [6.45, 7) is 2.00. The van der Waals surface area contributed by atoms with Gasteiger partial charge in [0.05, 0.1) is 11.5 Å². The molecule has 6 atom stereocenters. The molecule has 2 aliphatic rings. The molecular formula is C21H24O8S. The summed E-state index contributed by atoms with van der Waals surface area (Å²) in [5, 5.41) is 11.0. The van der Waals surface area contributed by atoms with Crippen molar-refractivity contribution in [3.8, 4) is 0 Å². The van der Waals surface area contributed by atoms with E-state index in [1.807, 2.05) is 37.3 Å². The summed E-state index contributed by atoms with van der Waals surface area (Å²) in [6.07, 6.45) is -5.93. The molecule has 0 saturated carbocycles. The molecule has 1 N–H and O–H groups in total. The highest BCUT2D eigenvalue weighted by atomic mass is 32.2. The molecule has 8 nitrogen and oxygen atoms in total. The Morgan fingerprint density at radius 3 is 2.40 bits per heavy atom. The van der Waals surface area contributed by atoms with Gasteiger partial charge in [-0.25, -0.2) is 0 Å². The van der Waals surface area contributed by atoms with E-state index in [2.05, 4.69) is 0 Å². The number of fused-ring (bicyclic) bond motifs is 1. The van der Waals surface area contributed by atoms with Crippen molar-refractivity contribution in [2.45, 2.75) is 48.8 Å². The lowest BCUT2D eigenvalue weighted by Gasteiger charge is -2.46. The Bertz CT molecular complexity index is 947. The summed E-state index contributed by atoms with van der Waals surface area (Å²) in [7, 11) is -2.81. The lowest BCUT2D eigenvalue weighted by Crippen LogP contribution is -2.63. The topological polar surface area (TPSA) is 101 Å². The molecule has 0 aliphatic carbocycles. The first kappa shape index (κ1) is 21.4.